The molecule has 1 nitrogen and oxygen atoms in total. The van der Waals surface area contributed by atoms with Gasteiger partial charge in [0.25, 0.3) is 0 Å². The molecule has 2 heteroatoms. The minimum absolute atomic E-state index is 1.06. The summed E-state index contributed by atoms with van der Waals surface area (Å²) in [5.41, 5.74) is 1.06. The zero-order valence-electron chi connectivity index (χ0n) is 8.14. The first-order valence-electron chi connectivity index (χ1n) is 4.88. The molecular formula is C13H10NP. The van der Waals surface area contributed by atoms with Gasteiger partial charge >= 0.3 is 0 Å². The van der Waals surface area contributed by atoms with Crippen LogP contribution in [0.2, 0.25) is 0 Å². The highest BCUT2D eigenvalue weighted by Gasteiger charge is 2.02. The van der Waals surface area contributed by atoms with Crippen molar-refractivity contribution in [3.05, 3.63) is 48.7 Å². The van der Waals surface area contributed by atoms with Crippen molar-refractivity contribution in [2.24, 2.45) is 0 Å². The fourth-order valence-electron chi connectivity index (χ4n) is 1.93. The molecule has 1 heterocycles. The largest absolute Gasteiger partial charge is 0.256 e. The lowest BCUT2D eigenvalue weighted by Crippen LogP contribution is -1.94. The van der Waals surface area contributed by atoms with Gasteiger partial charge in [0.05, 0.1) is 5.52 Å². The van der Waals surface area contributed by atoms with E-state index in [1.54, 1.807) is 0 Å². The van der Waals surface area contributed by atoms with E-state index < -0.39 is 0 Å². The summed E-state index contributed by atoms with van der Waals surface area (Å²) >= 11 is 0. The Morgan fingerprint density at radius 1 is 0.933 bits per heavy atom. The van der Waals surface area contributed by atoms with Gasteiger partial charge in [0, 0.05) is 17.0 Å². The third-order valence-corrected chi connectivity index (χ3v) is 3.13. The summed E-state index contributed by atoms with van der Waals surface area (Å²) in [6.45, 7) is 0. The van der Waals surface area contributed by atoms with Crippen LogP contribution in [0.25, 0.3) is 21.7 Å². The molecule has 0 aliphatic rings. The molecule has 2 aromatic carbocycles. The lowest BCUT2D eigenvalue weighted by Gasteiger charge is -2.05. The van der Waals surface area contributed by atoms with Gasteiger partial charge in [0.2, 0.25) is 0 Å². The van der Waals surface area contributed by atoms with Crippen LogP contribution >= 0.6 is 9.24 Å². The Morgan fingerprint density at radius 2 is 1.80 bits per heavy atom. The Balaban J connectivity index is 2.64. The van der Waals surface area contributed by atoms with Gasteiger partial charge in [-0.1, -0.05) is 36.4 Å². The molecule has 1 atom stereocenters. The van der Waals surface area contributed by atoms with Crippen LogP contribution in [-0.4, -0.2) is 4.98 Å². The average molecular weight is 211 g/mol. The highest BCUT2D eigenvalue weighted by Crippen LogP contribution is 2.22. The quantitative estimate of drug-likeness (QED) is 0.411. The average Bonchev–Trinajstić information content (AvgIpc) is 2.29. The van der Waals surface area contributed by atoms with Crippen molar-refractivity contribution in [3.8, 4) is 0 Å². The standard InChI is InChI=1S/C13H10NP/c15-12-7-3-6-11-13(12)10-5-2-1-4-9(10)8-14-11/h1-8H,15H2. The zero-order valence-corrected chi connectivity index (χ0v) is 9.30. The van der Waals surface area contributed by atoms with E-state index >= 15 is 0 Å². The van der Waals surface area contributed by atoms with E-state index in [4.69, 9.17) is 0 Å². The highest BCUT2D eigenvalue weighted by atomic mass is 31.0. The van der Waals surface area contributed by atoms with Crippen LogP contribution in [-0.2, 0) is 0 Å². The molecular weight excluding hydrogens is 201 g/mol. The summed E-state index contributed by atoms with van der Waals surface area (Å²) in [6, 6.07) is 14.5. The Morgan fingerprint density at radius 3 is 2.73 bits per heavy atom. The third-order valence-electron chi connectivity index (χ3n) is 2.65. The van der Waals surface area contributed by atoms with Gasteiger partial charge in [-0.15, -0.1) is 9.24 Å². The number of hydrogen-bond donors (Lipinski definition) is 0. The predicted molar refractivity (Wildman–Crippen MR) is 68.6 cm³/mol. The second-order valence-electron chi connectivity index (χ2n) is 3.59. The molecule has 0 spiro atoms. The van der Waals surface area contributed by atoms with Crippen LogP contribution in [0.15, 0.2) is 48.7 Å². The first-order valence-corrected chi connectivity index (χ1v) is 5.46. The normalized spacial score (nSPS) is 11.0. The molecule has 15 heavy (non-hydrogen) atoms. The topological polar surface area (TPSA) is 12.9 Å². The van der Waals surface area contributed by atoms with E-state index in [1.165, 1.54) is 21.5 Å². The first kappa shape index (κ1) is 8.82. The summed E-state index contributed by atoms with van der Waals surface area (Å²) in [7, 11) is 2.78. The number of benzene rings is 2. The van der Waals surface area contributed by atoms with Gasteiger partial charge in [-0.25, -0.2) is 0 Å². The summed E-state index contributed by atoms with van der Waals surface area (Å²) in [4.78, 5) is 4.46. The fourth-order valence-corrected chi connectivity index (χ4v) is 2.35. The molecule has 3 aromatic rings. The number of rotatable bonds is 0. The summed E-state index contributed by atoms with van der Waals surface area (Å²) in [5.74, 6) is 0. The van der Waals surface area contributed by atoms with Gasteiger partial charge in [-0.2, -0.15) is 0 Å². The van der Waals surface area contributed by atoms with Crippen LogP contribution in [0.5, 0.6) is 0 Å². The van der Waals surface area contributed by atoms with Gasteiger partial charge in [-0.05, 0) is 16.8 Å². The Labute approximate surface area is 90.3 Å². The fraction of sp³-hybridized carbons (Fsp3) is 0. The lowest BCUT2D eigenvalue weighted by molar-refractivity contribution is 1.45. The Kier molecular flexibility index (Phi) is 1.93. The van der Waals surface area contributed by atoms with Crippen LogP contribution < -0.4 is 5.30 Å². The molecule has 0 bridgehead atoms. The van der Waals surface area contributed by atoms with Crippen LogP contribution in [0.1, 0.15) is 0 Å². The summed E-state index contributed by atoms with van der Waals surface area (Å²) < 4.78 is 0. The van der Waals surface area contributed by atoms with Crippen LogP contribution in [0, 0.1) is 0 Å². The van der Waals surface area contributed by atoms with E-state index in [9.17, 15) is 0 Å². The van der Waals surface area contributed by atoms with Crippen molar-refractivity contribution in [1.82, 2.24) is 4.98 Å². The van der Waals surface area contributed by atoms with Gasteiger partial charge in [0.15, 0.2) is 0 Å². The van der Waals surface area contributed by atoms with Crippen LogP contribution in [0.4, 0.5) is 0 Å². The maximum Gasteiger partial charge on any atom is 0.0714 e. The van der Waals surface area contributed by atoms with Crippen molar-refractivity contribution in [3.63, 3.8) is 0 Å². The summed E-state index contributed by atoms with van der Waals surface area (Å²) in [5, 5.41) is 4.91. The van der Waals surface area contributed by atoms with Gasteiger partial charge < -0.3 is 0 Å². The number of pyridine rings is 1. The maximum absolute atomic E-state index is 4.46. The molecule has 0 saturated heterocycles. The van der Waals surface area contributed by atoms with Gasteiger partial charge in [0.1, 0.15) is 0 Å². The molecule has 1 unspecified atom stereocenters. The Bertz CT molecular complexity index is 646. The lowest BCUT2D eigenvalue weighted by atomic mass is 10.1. The van der Waals surface area contributed by atoms with E-state index in [0.717, 1.165) is 5.52 Å². The third kappa shape index (κ3) is 1.32. The number of fused-ring (bicyclic) bond motifs is 3. The minimum Gasteiger partial charge on any atom is -0.256 e. The predicted octanol–water partition coefficient (Wildman–Crippen LogP) is 2.89. The highest BCUT2D eigenvalue weighted by molar-refractivity contribution is 7.28. The SMILES string of the molecule is Pc1cccc2ncc3ccccc3c12. The van der Waals surface area contributed by atoms with E-state index in [-0.39, 0.29) is 0 Å². The van der Waals surface area contributed by atoms with Crippen molar-refractivity contribution >= 4 is 36.2 Å². The number of hydrogen-bond acceptors (Lipinski definition) is 1. The van der Waals surface area contributed by atoms with E-state index in [1.807, 2.05) is 18.3 Å². The van der Waals surface area contributed by atoms with E-state index in [0.29, 0.717) is 0 Å². The van der Waals surface area contributed by atoms with Crippen molar-refractivity contribution in [1.29, 1.82) is 0 Å². The zero-order chi connectivity index (χ0) is 10.3. The van der Waals surface area contributed by atoms with Crippen molar-refractivity contribution < 1.29 is 0 Å². The molecule has 72 valence electrons. The smallest absolute Gasteiger partial charge is 0.0714 e. The molecule has 0 amide bonds. The second-order valence-corrected chi connectivity index (χ2v) is 4.21. The van der Waals surface area contributed by atoms with Crippen LogP contribution in [0.3, 0.4) is 0 Å². The summed E-state index contributed by atoms with van der Waals surface area (Å²) in [6.07, 6.45) is 1.93. The van der Waals surface area contributed by atoms with E-state index in [2.05, 4.69) is 44.6 Å². The molecule has 3 rings (SSSR count). The molecule has 1 aromatic heterocycles. The molecule has 0 N–H and O–H groups in total. The molecule has 0 fully saturated rings. The molecule has 0 radical (unpaired) electrons. The van der Waals surface area contributed by atoms with Crippen molar-refractivity contribution in [2.75, 3.05) is 0 Å². The first-order chi connectivity index (χ1) is 7.36. The monoisotopic (exact) mass is 211 g/mol. The minimum atomic E-state index is 1.06. The maximum atomic E-state index is 4.46. The number of aromatic nitrogens is 1. The number of nitrogens with zero attached hydrogens (tertiary/aromatic N) is 1. The molecule has 0 saturated carbocycles. The Hall–Kier alpha value is -1.46. The van der Waals surface area contributed by atoms with Crippen molar-refractivity contribution in [2.45, 2.75) is 0 Å². The molecule has 0 aliphatic carbocycles. The van der Waals surface area contributed by atoms with Gasteiger partial charge in [-0.3, -0.25) is 4.98 Å². The second kappa shape index (κ2) is 3.29. The molecule has 0 aliphatic heterocycles.